The molecule has 1 saturated heterocycles. The fourth-order valence-corrected chi connectivity index (χ4v) is 3.96. The molecule has 4 rings (SSSR count). The Bertz CT molecular complexity index is 872. The van der Waals surface area contributed by atoms with Crippen LogP contribution in [0.25, 0.3) is 0 Å². The summed E-state index contributed by atoms with van der Waals surface area (Å²) in [4.78, 5) is 27.3. The van der Waals surface area contributed by atoms with E-state index in [0.29, 0.717) is 30.9 Å². The first kappa shape index (κ1) is 18.5. The molecular formula is C20H25N5O3. The third-order valence-corrected chi connectivity index (χ3v) is 5.42. The summed E-state index contributed by atoms with van der Waals surface area (Å²) in [6.07, 6.45) is 3.79. The molecule has 1 aromatic carbocycles. The van der Waals surface area contributed by atoms with E-state index in [9.17, 15) is 9.59 Å². The number of benzene rings is 1. The van der Waals surface area contributed by atoms with E-state index in [4.69, 9.17) is 4.74 Å². The fraction of sp³-hybridized carbons (Fsp3) is 0.450. The molecule has 2 aliphatic heterocycles. The lowest BCUT2D eigenvalue weighted by molar-refractivity contribution is 0.0894. The van der Waals surface area contributed by atoms with Crippen molar-refractivity contribution in [3.8, 4) is 5.75 Å². The zero-order chi connectivity index (χ0) is 19.5. The molecule has 0 radical (unpaired) electrons. The number of likely N-dealkylation sites (tertiary alicyclic amines) is 1. The van der Waals surface area contributed by atoms with Crippen molar-refractivity contribution in [2.75, 3.05) is 33.3 Å². The summed E-state index contributed by atoms with van der Waals surface area (Å²) in [7, 11) is 1.65. The lowest BCUT2D eigenvalue weighted by atomic mass is 10.0. The monoisotopic (exact) mass is 383 g/mol. The van der Waals surface area contributed by atoms with Crippen LogP contribution in [0.3, 0.4) is 0 Å². The van der Waals surface area contributed by atoms with E-state index in [1.807, 2.05) is 18.2 Å². The van der Waals surface area contributed by atoms with E-state index in [1.54, 1.807) is 11.8 Å². The molecule has 2 aromatic rings. The number of nitrogens with one attached hydrogen (secondary N) is 2. The van der Waals surface area contributed by atoms with E-state index in [2.05, 4.69) is 26.7 Å². The van der Waals surface area contributed by atoms with E-state index >= 15 is 0 Å². The normalized spacial score (nSPS) is 17.7. The van der Waals surface area contributed by atoms with E-state index < -0.39 is 0 Å². The van der Waals surface area contributed by atoms with Gasteiger partial charge in [0.2, 0.25) is 0 Å². The second kappa shape index (κ2) is 8.02. The molecule has 1 atom stereocenters. The van der Waals surface area contributed by atoms with Crippen molar-refractivity contribution >= 4 is 11.8 Å². The Morgan fingerprint density at radius 3 is 2.93 bits per heavy atom. The van der Waals surface area contributed by atoms with E-state index in [-0.39, 0.29) is 17.9 Å². The summed E-state index contributed by atoms with van der Waals surface area (Å²) in [5.74, 6) is 0.276. The van der Waals surface area contributed by atoms with Gasteiger partial charge in [-0.15, -0.1) is 0 Å². The molecule has 1 aromatic heterocycles. The van der Waals surface area contributed by atoms with Crippen molar-refractivity contribution < 1.29 is 14.3 Å². The number of fused-ring (bicyclic) bond motifs is 1. The Hall–Kier alpha value is -2.87. The number of carbonyl (C=O) groups excluding carboxylic acids is 2. The number of amides is 2. The number of carbonyl (C=O) groups is 2. The summed E-state index contributed by atoms with van der Waals surface area (Å²) in [5.41, 5.74) is 1.77. The molecule has 3 heterocycles. The molecule has 8 nitrogen and oxygen atoms in total. The predicted octanol–water partition coefficient (Wildman–Crippen LogP) is 1.20. The van der Waals surface area contributed by atoms with Crippen molar-refractivity contribution in [2.45, 2.75) is 25.4 Å². The van der Waals surface area contributed by atoms with Gasteiger partial charge in [-0.3, -0.25) is 19.2 Å². The highest BCUT2D eigenvalue weighted by molar-refractivity contribution is 6.06. The summed E-state index contributed by atoms with van der Waals surface area (Å²) in [5, 5.41) is 9.96. The second-order valence-corrected chi connectivity index (χ2v) is 7.13. The molecule has 28 heavy (non-hydrogen) atoms. The predicted molar refractivity (Wildman–Crippen MR) is 103 cm³/mol. The van der Waals surface area contributed by atoms with Gasteiger partial charge in [-0.1, -0.05) is 12.1 Å². The maximum Gasteiger partial charge on any atom is 0.270 e. The number of nitrogens with zero attached hydrogens (tertiary/aromatic N) is 3. The van der Waals surface area contributed by atoms with Crippen LogP contribution in [0.15, 0.2) is 30.5 Å². The molecule has 148 valence electrons. The highest BCUT2D eigenvalue weighted by atomic mass is 16.5. The zero-order valence-corrected chi connectivity index (χ0v) is 16.0. The molecule has 8 heteroatoms. The summed E-state index contributed by atoms with van der Waals surface area (Å²) >= 11 is 0. The first-order valence-corrected chi connectivity index (χ1v) is 9.67. The maximum atomic E-state index is 12.8. The van der Waals surface area contributed by atoms with Crippen molar-refractivity contribution in [3.63, 3.8) is 0 Å². The van der Waals surface area contributed by atoms with E-state index in [1.165, 1.54) is 6.20 Å². The van der Waals surface area contributed by atoms with Gasteiger partial charge in [0.15, 0.2) is 0 Å². The third kappa shape index (κ3) is 3.60. The van der Waals surface area contributed by atoms with Gasteiger partial charge >= 0.3 is 0 Å². The van der Waals surface area contributed by atoms with Crippen LogP contribution in [0.4, 0.5) is 0 Å². The third-order valence-electron chi connectivity index (χ3n) is 5.42. The SMILES string of the molecule is COc1cccc(C(CNC(=O)c2cnn3c2C(=O)NCC3)N2CCCC2)c1. The lowest BCUT2D eigenvalue weighted by Gasteiger charge is -2.28. The molecule has 0 bridgehead atoms. The molecule has 1 unspecified atom stereocenters. The number of hydrogen-bond acceptors (Lipinski definition) is 5. The molecule has 0 spiro atoms. The van der Waals surface area contributed by atoms with Crippen LogP contribution >= 0.6 is 0 Å². The van der Waals surface area contributed by atoms with Gasteiger partial charge < -0.3 is 15.4 Å². The number of hydrogen-bond donors (Lipinski definition) is 2. The van der Waals surface area contributed by atoms with Crippen molar-refractivity contribution in [1.82, 2.24) is 25.3 Å². The highest BCUT2D eigenvalue weighted by Crippen LogP contribution is 2.27. The quantitative estimate of drug-likeness (QED) is 0.783. The minimum Gasteiger partial charge on any atom is -0.497 e. The minimum atomic E-state index is -0.273. The molecule has 2 amide bonds. The van der Waals surface area contributed by atoms with Crippen LogP contribution in [0.5, 0.6) is 5.75 Å². The van der Waals surface area contributed by atoms with Crippen molar-refractivity contribution in [2.24, 2.45) is 0 Å². The van der Waals surface area contributed by atoms with Gasteiger partial charge in [-0.25, -0.2) is 0 Å². The summed E-state index contributed by atoms with van der Waals surface area (Å²) in [6, 6.07) is 8.03. The molecule has 0 saturated carbocycles. The fourth-order valence-electron chi connectivity index (χ4n) is 3.96. The van der Waals surface area contributed by atoms with Crippen LogP contribution in [0.2, 0.25) is 0 Å². The van der Waals surface area contributed by atoms with Crippen LogP contribution in [-0.4, -0.2) is 59.8 Å². The molecule has 1 fully saturated rings. The van der Waals surface area contributed by atoms with E-state index in [0.717, 1.165) is 37.2 Å². The topological polar surface area (TPSA) is 88.5 Å². The molecule has 2 N–H and O–H groups in total. The van der Waals surface area contributed by atoms with Gasteiger partial charge in [0.1, 0.15) is 11.4 Å². The zero-order valence-electron chi connectivity index (χ0n) is 16.0. The summed E-state index contributed by atoms with van der Waals surface area (Å²) < 4.78 is 6.96. The first-order valence-electron chi connectivity index (χ1n) is 9.67. The van der Waals surface area contributed by atoms with Crippen LogP contribution < -0.4 is 15.4 Å². The molecular weight excluding hydrogens is 358 g/mol. The number of rotatable bonds is 6. The Labute approximate surface area is 163 Å². The average Bonchev–Trinajstić information content (AvgIpc) is 3.39. The minimum absolute atomic E-state index is 0.0572. The number of aromatic nitrogens is 2. The van der Waals surface area contributed by atoms with Gasteiger partial charge in [0, 0.05) is 13.1 Å². The molecule has 2 aliphatic rings. The van der Waals surface area contributed by atoms with Gasteiger partial charge in [-0.2, -0.15) is 5.10 Å². The standard InChI is InChI=1S/C20H25N5O3/c1-28-15-6-4-5-14(11-15)17(24-8-2-3-9-24)13-22-19(26)16-12-23-25-10-7-21-20(27)18(16)25/h4-6,11-12,17H,2-3,7-10,13H2,1H3,(H,21,27)(H,22,26). The van der Waals surface area contributed by atoms with Crippen molar-refractivity contribution in [1.29, 1.82) is 0 Å². The Balaban J connectivity index is 1.52. The maximum absolute atomic E-state index is 12.8. The van der Waals surface area contributed by atoms with Gasteiger partial charge in [0.25, 0.3) is 11.8 Å². The Kier molecular flexibility index (Phi) is 5.29. The lowest BCUT2D eigenvalue weighted by Crippen LogP contribution is -2.39. The van der Waals surface area contributed by atoms with Gasteiger partial charge in [0.05, 0.1) is 31.5 Å². The van der Waals surface area contributed by atoms with Crippen LogP contribution in [-0.2, 0) is 6.54 Å². The van der Waals surface area contributed by atoms with Gasteiger partial charge in [-0.05, 0) is 43.6 Å². The number of methoxy groups -OCH3 is 1. The van der Waals surface area contributed by atoms with Crippen LogP contribution in [0, 0.1) is 0 Å². The average molecular weight is 383 g/mol. The Morgan fingerprint density at radius 1 is 1.32 bits per heavy atom. The van der Waals surface area contributed by atoms with Crippen molar-refractivity contribution in [3.05, 3.63) is 47.3 Å². The smallest absolute Gasteiger partial charge is 0.270 e. The van der Waals surface area contributed by atoms with Crippen LogP contribution in [0.1, 0.15) is 45.3 Å². The second-order valence-electron chi connectivity index (χ2n) is 7.13. The highest BCUT2D eigenvalue weighted by Gasteiger charge is 2.28. The number of ether oxygens (including phenoxy) is 1. The first-order chi connectivity index (χ1) is 13.7. The Morgan fingerprint density at radius 2 is 2.14 bits per heavy atom. The largest absolute Gasteiger partial charge is 0.497 e. The summed E-state index contributed by atoms with van der Waals surface area (Å²) in [6.45, 7) is 3.57. The molecule has 0 aliphatic carbocycles.